The minimum atomic E-state index is -4.08. The molecule has 2 aromatic heterocycles. The zero-order valence-corrected chi connectivity index (χ0v) is 23.9. The normalized spacial score (nSPS) is 11.3. The number of anilines is 2. The highest BCUT2D eigenvalue weighted by atomic mass is 32.2. The van der Waals surface area contributed by atoms with Gasteiger partial charge in [-0.3, -0.25) is 9.10 Å². The van der Waals surface area contributed by atoms with Gasteiger partial charge < -0.3 is 10.1 Å². The lowest BCUT2D eigenvalue weighted by Crippen LogP contribution is -2.38. The summed E-state index contributed by atoms with van der Waals surface area (Å²) in [6, 6.07) is 17.4. The van der Waals surface area contributed by atoms with E-state index in [2.05, 4.69) is 15.3 Å². The molecule has 2 aromatic carbocycles. The summed E-state index contributed by atoms with van der Waals surface area (Å²) >= 11 is 2.52. The van der Waals surface area contributed by atoms with Crippen LogP contribution in [0.4, 0.5) is 11.4 Å². The highest BCUT2D eigenvalue weighted by Gasteiger charge is 2.30. The maximum Gasteiger partial charge on any atom is 0.274 e. The molecule has 0 aliphatic heterocycles. The van der Waals surface area contributed by atoms with Crippen LogP contribution in [0, 0.1) is 13.8 Å². The van der Waals surface area contributed by atoms with Gasteiger partial charge in [-0.15, -0.1) is 11.3 Å². The first-order valence-electron chi connectivity index (χ1n) is 11.8. The fraction of sp³-hybridized carbons (Fsp3) is 0.222. The number of carbonyl (C=O) groups is 1. The molecule has 0 spiro atoms. The van der Waals surface area contributed by atoms with Crippen LogP contribution in [0.1, 0.15) is 18.1 Å². The van der Waals surface area contributed by atoms with Crippen molar-refractivity contribution in [3.05, 3.63) is 78.0 Å². The first kappa shape index (κ1) is 27.6. The van der Waals surface area contributed by atoms with E-state index < -0.39 is 22.5 Å². The molecule has 1 N–H and O–H groups in total. The van der Waals surface area contributed by atoms with Crippen molar-refractivity contribution >= 4 is 50.4 Å². The maximum absolute atomic E-state index is 14.0. The van der Waals surface area contributed by atoms with Crippen molar-refractivity contribution in [2.45, 2.75) is 30.1 Å². The summed E-state index contributed by atoms with van der Waals surface area (Å²) in [4.78, 5) is 22.5. The van der Waals surface area contributed by atoms with E-state index in [-0.39, 0.29) is 4.21 Å². The van der Waals surface area contributed by atoms with E-state index in [4.69, 9.17) is 4.74 Å². The molecule has 0 atom stereocenters. The van der Waals surface area contributed by atoms with Gasteiger partial charge in [-0.25, -0.2) is 18.4 Å². The molecule has 11 heteroatoms. The predicted octanol–water partition coefficient (Wildman–Crippen LogP) is 5.78. The van der Waals surface area contributed by atoms with Crippen LogP contribution in [0.15, 0.2) is 76.2 Å². The van der Waals surface area contributed by atoms with Gasteiger partial charge in [0.1, 0.15) is 16.5 Å². The predicted molar refractivity (Wildman–Crippen MR) is 154 cm³/mol. The number of aromatic nitrogens is 2. The highest BCUT2D eigenvalue weighted by Crippen LogP contribution is 2.35. The summed E-state index contributed by atoms with van der Waals surface area (Å²) in [6.45, 7) is 5.79. The molecule has 0 radical (unpaired) electrons. The molecular formula is C27H28N4O4S3. The summed E-state index contributed by atoms with van der Waals surface area (Å²) in [5.74, 6) is 0.225. The average Bonchev–Trinajstić information content (AvgIpc) is 3.42. The topological polar surface area (TPSA) is 101 Å². The third-order valence-corrected chi connectivity index (χ3v) is 9.67. The smallest absolute Gasteiger partial charge is 0.274 e. The lowest BCUT2D eigenvalue weighted by molar-refractivity contribution is -0.114. The molecular weight excluding hydrogens is 541 g/mol. The van der Waals surface area contributed by atoms with E-state index in [1.165, 1.54) is 16.1 Å². The average molecular weight is 569 g/mol. The molecule has 4 rings (SSSR count). The molecule has 198 valence electrons. The Morgan fingerprint density at radius 1 is 1.08 bits per heavy atom. The monoisotopic (exact) mass is 568 g/mol. The summed E-state index contributed by atoms with van der Waals surface area (Å²) < 4.78 is 34.7. The molecule has 8 nitrogen and oxygen atoms in total. The summed E-state index contributed by atoms with van der Waals surface area (Å²) in [7, 11) is -4.08. The number of aryl methyl sites for hydroxylation is 1. The van der Waals surface area contributed by atoms with E-state index in [0.717, 1.165) is 22.5 Å². The minimum Gasteiger partial charge on any atom is -0.494 e. The summed E-state index contributed by atoms with van der Waals surface area (Å²) in [6.07, 6.45) is 3.53. The molecule has 0 aliphatic carbocycles. The number of carbonyl (C=O) groups excluding carboxylic acids is 1. The van der Waals surface area contributed by atoms with Crippen molar-refractivity contribution in [2.75, 3.05) is 29.0 Å². The zero-order valence-electron chi connectivity index (χ0n) is 21.5. The van der Waals surface area contributed by atoms with Crippen LogP contribution in [0.3, 0.4) is 0 Å². The van der Waals surface area contributed by atoms with Gasteiger partial charge in [0.2, 0.25) is 5.91 Å². The fourth-order valence-electron chi connectivity index (χ4n) is 3.72. The maximum atomic E-state index is 14.0. The quantitative estimate of drug-likeness (QED) is 0.191. The van der Waals surface area contributed by atoms with Crippen molar-refractivity contribution < 1.29 is 17.9 Å². The number of hydrogen-bond donors (Lipinski definition) is 1. The van der Waals surface area contributed by atoms with E-state index in [9.17, 15) is 13.2 Å². The molecule has 1 amide bonds. The first-order valence-corrected chi connectivity index (χ1v) is 15.3. The fourth-order valence-corrected chi connectivity index (χ4v) is 6.94. The molecule has 0 fully saturated rings. The Morgan fingerprint density at radius 3 is 2.55 bits per heavy atom. The number of benzene rings is 2. The van der Waals surface area contributed by atoms with E-state index in [1.54, 1.807) is 60.8 Å². The lowest BCUT2D eigenvalue weighted by atomic mass is 10.1. The van der Waals surface area contributed by atoms with Crippen molar-refractivity contribution in [1.29, 1.82) is 0 Å². The minimum absolute atomic E-state index is 0.117. The Kier molecular flexibility index (Phi) is 8.70. The number of amides is 1. The van der Waals surface area contributed by atoms with Crippen molar-refractivity contribution in [3.8, 4) is 16.3 Å². The van der Waals surface area contributed by atoms with Gasteiger partial charge in [0.25, 0.3) is 10.0 Å². The van der Waals surface area contributed by atoms with Gasteiger partial charge in [0.15, 0.2) is 5.16 Å². The van der Waals surface area contributed by atoms with Gasteiger partial charge in [-0.1, -0.05) is 23.9 Å². The highest BCUT2D eigenvalue weighted by molar-refractivity contribution is 7.98. The van der Waals surface area contributed by atoms with Crippen LogP contribution in [0.5, 0.6) is 5.75 Å². The second kappa shape index (κ2) is 12.0. The van der Waals surface area contributed by atoms with Crippen LogP contribution in [-0.2, 0) is 14.8 Å². The van der Waals surface area contributed by atoms with Crippen LogP contribution in [-0.4, -0.2) is 43.7 Å². The molecule has 0 unspecified atom stereocenters. The number of ether oxygens (including phenoxy) is 1. The van der Waals surface area contributed by atoms with Crippen LogP contribution >= 0.6 is 23.1 Å². The van der Waals surface area contributed by atoms with Crippen LogP contribution in [0.25, 0.3) is 10.6 Å². The number of rotatable bonds is 10. The lowest BCUT2D eigenvalue weighted by Gasteiger charge is -2.25. The molecule has 4 aromatic rings. The number of thiophene rings is 1. The molecule has 2 heterocycles. The number of thioether (sulfide) groups is 1. The van der Waals surface area contributed by atoms with Crippen molar-refractivity contribution in [3.63, 3.8) is 0 Å². The van der Waals surface area contributed by atoms with E-state index in [0.29, 0.717) is 39.5 Å². The van der Waals surface area contributed by atoms with Crippen LogP contribution in [0.2, 0.25) is 0 Å². The largest absolute Gasteiger partial charge is 0.494 e. The Morgan fingerprint density at radius 2 is 1.84 bits per heavy atom. The molecule has 0 saturated carbocycles. The van der Waals surface area contributed by atoms with E-state index in [1.807, 2.05) is 33.1 Å². The summed E-state index contributed by atoms with van der Waals surface area (Å²) in [5.41, 5.74) is 3.34. The second-order valence-electron chi connectivity index (χ2n) is 8.28. The van der Waals surface area contributed by atoms with Crippen molar-refractivity contribution in [2.24, 2.45) is 0 Å². The number of nitrogens with one attached hydrogen (secondary N) is 1. The summed E-state index contributed by atoms with van der Waals surface area (Å²) in [5, 5.41) is 3.40. The Labute approximate surface area is 231 Å². The van der Waals surface area contributed by atoms with E-state index >= 15 is 0 Å². The number of sulfonamides is 1. The van der Waals surface area contributed by atoms with Crippen LogP contribution < -0.4 is 14.4 Å². The molecule has 38 heavy (non-hydrogen) atoms. The van der Waals surface area contributed by atoms with Crippen molar-refractivity contribution in [1.82, 2.24) is 9.97 Å². The Bertz CT molecular complexity index is 1540. The SMILES string of the molecule is CCOc1ccc(NC(=O)CN(c2cccc(C)c2C)S(=O)(=O)c2ccc(-c3ccnc(SC)n3)s2)cc1. The molecule has 0 bridgehead atoms. The molecule has 0 aliphatic rings. The number of nitrogens with zero attached hydrogens (tertiary/aromatic N) is 3. The molecule has 0 saturated heterocycles. The Balaban J connectivity index is 1.66. The van der Waals surface area contributed by atoms with Gasteiger partial charge in [-0.05, 0) is 86.7 Å². The van der Waals surface area contributed by atoms with Gasteiger partial charge in [-0.2, -0.15) is 0 Å². The van der Waals surface area contributed by atoms with Gasteiger partial charge in [0, 0.05) is 11.9 Å². The zero-order chi connectivity index (χ0) is 27.3. The third kappa shape index (κ3) is 6.17. The van der Waals surface area contributed by atoms with Gasteiger partial charge in [0.05, 0.1) is 22.9 Å². The first-order chi connectivity index (χ1) is 18.2. The second-order valence-corrected chi connectivity index (χ2v) is 12.2. The standard InChI is InChI=1S/C27H28N4O4S3/c1-5-35-21-11-9-20(10-12-21)29-25(32)17-31(23-8-6-7-18(2)19(23)3)38(33,34)26-14-13-24(37-26)22-15-16-28-27(30-22)36-4/h6-16H,5,17H2,1-4H3,(H,29,32). The Hall–Kier alpha value is -3.41. The number of hydrogen-bond acceptors (Lipinski definition) is 8. The third-order valence-electron chi connectivity index (χ3n) is 5.78. The van der Waals surface area contributed by atoms with Gasteiger partial charge >= 0.3 is 0 Å².